The average molecular weight is 446 g/mol. The Morgan fingerprint density at radius 3 is 2.48 bits per heavy atom. The fourth-order valence-electron chi connectivity index (χ4n) is 3.58. The number of benzene rings is 3. The molecular formula is C24H19N3O2S2. The van der Waals surface area contributed by atoms with Crippen LogP contribution in [0.15, 0.2) is 99.5 Å². The maximum absolute atomic E-state index is 13.4. The van der Waals surface area contributed by atoms with Gasteiger partial charge in [0.25, 0.3) is 5.22 Å². The number of para-hydroxylation sites is 1. The van der Waals surface area contributed by atoms with Crippen molar-refractivity contribution in [3.05, 3.63) is 90.5 Å². The van der Waals surface area contributed by atoms with Crippen molar-refractivity contribution in [3.63, 3.8) is 0 Å². The number of fused-ring (bicyclic) bond motifs is 1. The maximum atomic E-state index is 13.4. The number of nitrogens with zero attached hydrogens (tertiary/aromatic N) is 3. The summed E-state index contributed by atoms with van der Waals surface area (Å²) in [5, 5.41) is 8.60. The van der Waals surface area contributed by atoms with Crippen molar-refractivity contribution in [3.8, 4) is 11.5 Å². The van der Waals surface area contributed by atoms with Crippen molar-refractivity contribution in [2.24, 2.45) is 0 Å². The van der Waals surface area contributed by atoms with Crippen molar-refractivity contribution in [2.75, 3.05) is 16.4 Å². The van der Waals surface area contributed by atoms with Gasteiger partial charge in [-0.05, 0) is 29.8 Å². The van der Waals surface area contributed by atoms with E-state index < -0.39 is 0 Å². The molecule has 0 aliphatic carbocycles. The molecule has 0 radical (unpaired) electrons. The standard InChI is InChI=1S/C24H19N3O2S2/c28-22(16-31-24-26-25-23(29-24)18-11-5-2-6-12-18)27-19-13-7-8-14-21(19)30-15-20(27)17-9-3-1-4-10-17/h1-14,20H,15-16H2. The zero-order valence-corrected chi connectivity index (χ0v) is 18.2. The molecule has 1 atom stereocenters. The SMILES string of the molecule is O=C(CSc1nnc(-c2ccccc2)o1)N1c2ccccc2SCC1c1ccccc1. The summed E-state index contributed by atoms with van der Waals surface area (Å²) >= 11 is 3.06. The predicted octanol–water partition coefficient (Wildman–Crippen LogP) is 5.71. The van der Waals surface area contributed by atoms with Gasteiger partial charge in [0.2, 0.25) is 11.8 Å². The number of thioether (sulfide) groups is 2. The van der Waals surface area contributed by atoms with E-state index in [0.717, 1.165) is 27.5 Å². The van der Waals surface area contributed by atoms with Crippen molar-refractivity contribution >= 4 is 35.1 Å². The summed E-state index contributed by atoms with van der Waals surface area (Å²) in [6.45, 7) is 0. The number of hydrogen-bond donors (Lipinski definition) is 0. The quantitative estimate of drug-likeness (QED) is 0.367. The molecule has 3 aromatic carbocycles. The third-order valence-electron chi connectivity index (χ3n) is 5.03. The van der Waals surface area contributed by atoms with Crippen molar-refractivity contribution in [1.29, 1.82) is 0 Å². The molecule has 1 aromatic heterocycles. The van der Waals surface area contributed by atoms with E-state index in [1.807, 2.05) is 71.6 Å². The van der Waals surface area contributed by atoms with Crippen molar-refractivity contribution in [2.45, 2.75) is 16.2 Å². The van der Waals surface area contributed by atoms with Crippen LogP contribution in [0.4, 0.5) is 5.69 Å². The summed E-state index contributed by atoms with van der Waals surface area (Å²) in [4.78, 5) is 16.4. The lowest BCUT2D eigenvalue weighted by atomic mass is 10.1. The Labute approximate surface area is 188 Å². The molecule has 0 spiro atoms. The first kappa shape index (κ1) is 19.9. The van der Waals surface area contributed by atoms with Crippen LogP contribution >= 0.6 is 23.5 Å². The van der Waals surface area contributed by atoms with E-state index in [2.05, 4.69) is 28.4 Å². The Hall–Kier alpha value is -3.03. The number of carbonyl (C=O) groups excluding carboxylic acids is 1. The lowest BCUT2D eigenvalue weighted by Crippen LogP contribution is -2.39. The van der Waals surface area contributed by atoms with Gasteiger partial charge in [-0.15, -0.1) is 22.0 Å². The van der Waals surface area contributed by atoms with Crippen LogP contribution in [0.1, 0.15) is 11.6 Å². The molecule has 1 unspecified atom stereocenters. The van der Waals surface area contributed by atoms with E-state index in [-0.39, 0.29) is 17.7 Å². The summed E-state index contributed by atoms with van der Waals surface area (Å²) in [7, 11) is 0. The van der Waals surface area contributed by atoms with E-state index in [1.54, 1.807) is 11.8 Å². The topological polar surface area (TPSA) is 59.2 Å². The lowest BCUT2D eigenvalue weighted by molar-refractivity contribution is -0.116. The molecule has 1 aliphatic rings. The third kappa shape index (κ3) is 4.24. The highest BCUT2D eigenvalue weighted by Crippen LogP contribution is 2.43. The van der Waals surface area contributed by atoms with Crippen LogP contribution in [0.25, 0.3) is 11.5 Å². The largest absolute Gasteiger partial charge is 0.411 e. The van der Waals surface area contributed by atoms with E-state index >= 15 is 0 Å². The monoisotopic (exact) mass is 445 g/mol. The number of anilines is 1. The van der Waals surface area contributed by atoms with Crippen LogP contribution in [0.5, 0.6) is 0 Å². The molecule has 0 saturated heterocycles. The highest BCUT2D eigenvalue weighted by atomic mass is 32.2. The highest BCUT2D eigenvalue weighted by molar-refractivity contribution is 8.00. The Morgan fingerprint density at radius 2 is 1.68 bits per heavy atom. The van der Waals surface area contributed by atoms with Gasteiger partial charge in [-0.1, -0.05) is 72.4 Å². The number of rotatable bonds is 5. The molecular weight excluding hydrogens is 426 g/mol. The molecule has 5 rings (SSSR count). The lowest BCUT2D eigenvalue weighted by Gasteiger charge is -2.37. The first-order valence-electron chi connectivity index (χ1n) is 9.90. The summed E-state index contributed by atoms with van der Waals surface area (Å²) in [5.41, 5.74) is 2.94. The summed E-state index contributed by atoms with van der Waals surface area (Å²) in [6.07, 6.45) is 0. The van der Waals surface area contributed by atoms with Gasteiger partial charge in [0.05, 0.1) is 17.5 Å². The van der Waals surface area contributed by atoms with Gasteiger partial charge in [-0.3, -0.25) is 4.79 Å². The zero-order valence-electron chi connectivity index (χ0n) is 16.5. The minimum absolute atomic E-state index is 0.0169. The summed E-state index contributed by atoms with van der Waals surface area (Å²) in [6, 6.07) is 27.9. The molecule has 0 N–H and O–H groups in total. The third-order valence-corrected chi connectivity index (χ3v) is 6.97. The van der Waals surface area contributed by atoms with Gasteiger partial charge in [0.15, 0.2) is 0 Å². The summed E-state index contributed by atoms with van der Waals surface area (Å²) in [5.74, 6) is 1.51. The van der Waals surface area contributed by atoms with E-state index in [4.69, 9.17) is 4.42 Å². The normalized spacial score (nSPS) is 15.5. The first-order valence-corrected chi connectivity index (χ1v) is 11.9. The van der Waals surface area contributed by atoms with E-state index in [0.29, 0.717) is 11.1 Å². The van der Waals surface area contributed by atoms with Gasteiger partial charge in [-0.25, -0.2) is 0 Å². The molecule has 0 bridgehead atoms. The molecule has 154 valence electrons. The predicted molar refractivity (Wildman–Crippen MR) is 124 cm³/mol. The fourth-order valence-corrected chi connectivity index (χ4v) is 5.37. The van der Waals surface area contributed by atoms with Crippen molar-refractivity contribution in [1.82, 2.24) is 10.2 Å². The van der Waals surface area contributed by atoms with Gasteiger partial charge < -0.3 is 9.32 Å². The molecule has 0 saturated carbocycles. The van der Waals surface area contributed by atoms with Gasteiger partial charge in [-0.2, -0.15) is 0 Å². The van der Waals surface area contributed by atoms with Gasteiger partial charge in [0.1, 0.15) is 0 Å². The Bertz CT molecular complexity index is 1180. The fraction of sp³-hybridized carbons (Fsp3) is 0.125. The second kappa shape index (κ2) is 8.99. The van der Waals surface area contributed by atoms with Gasteiger partial charge >= 0.3 is 0 Å². The number of amides is 1. The molecule has 7 heteroatoms. The highest BCUT2D eigenvalue weighted by Gasteiger charge is 2.32. The van der Waals surface area contributed by atoms with Crippen LogP contribution in [0.2, 0.25) is 0 Å². The second-order valence-electron chi connectivity index (χ2n) is 7.00. The van der Waals surface area contributed by atoms with Crippen LogP contribution in [0.3, 0.4) is 0 Å². The zero-order chi connectivity index (χ0) is 21.0. The van der Waals surface area contributed by atoms with E-state index in [1.165, 1.54) is 11.8 Å². The van der Waals surface area contributed by atoms with Crippen LogP contribution < -0.4 is 4.90 Å². The molecule has 4 aromatic rings. The molecule has 1 amide bonds. The summed E-state index contributed by atoms with van der Waals surface area (Å²) < 4.78 is 5.75. The molecule has 0 fully saturated rings. The molecule has 5 nitrogen and oxygen atoms in total. The number of carbonyl (C=O) groups is 1. The average Bonchev–Trinajstić information content (AvgIpc) is 3.32. The van der Waals surface area contributed by atoms with Crippen LogP contribution in [-0.2, 0) is 4.79 Å². The smallest absolute Gasteiger partial charge is 0.277 e. The Balaban J connectivity index is 1.37. The van der Waals surface area contributed by atoms with Crippen molar-refractivity contribution < 1.29 is 9.21 Å². The minimum Gasteiger partial charge on any atom is -0.411 e. The van der Waals surface area contributed by atoms with E-state index in [9.17, 15) is 4.79 Å². The first-order chi connectivity index (χ1) is 15.3. The second-order valence-corrected chi connectivity index (χ2v) is 8.99. The Morgan fingerprint density at radius 1 is 0.968 bits per heavy atom. The maximum Gasteiger partial charge on any atom is 0.277 e. The van der Waals surface area contributed by atoms with Crippen LogP contribution in [-0.4, -0.2) is 27.6 Å². The Kier molecular flexibility index (Phi) is 5.78. The number of aromatic nitrogens is 2. The minimum atomic E-state index is -0.0169. The van der Waals surface area contributed by atoms with Crippen LogP contribution in [0, 0.1) is 0 Å². The molecule has 1 aliphatic heterocycles. The van der Waals surface area contributed by atoms with Gasteiger partial charge in [0, 0.05) is 16.2 Å². The number of hydrogen-bond acceptors (Lipinski definition) is 6. The molecule has 2 heterocycles. The molecule has 31 heavy (non-hydrogen) atoms.